The van der Waals surface area contributed by atoms with Crippen LogP contribution in [0.15, 0.2) is 30.6 Å². The van der Waals surface area contributed by atoms with Crippen molar-refractivity contribution in [1.29, 1.82) is 0 Å². The van der Waals surface area contributed by atoms with Crippen LogP contribution in [-0.4, -0.2) is 34.6 Å². The molecule has 0 saturated heterocycles. The van der Waals surface area contributed by atoms with E-state index in [1.807, 2.05) is 18.3 Å². The maximum Gasteiger partial charge on any atom is 0.124 e. The van der Waals surface area contributed by atoms with Gasteiger partial charge in [0.05, 0.1) is 13.7 Å². The summed E-state index contributed by atoms with van der Waals surface area (Å²) in [5.41, 5.74) is 1.16. The molecule has 0 bridgehead atoms. The molecular weight excluding hydrogens is 266 g/mol. The summed E-state index contributed by atoms with van der Waals surface area (Å²) in [4.78, 5) is 9.84. The fourth-order valence-electron chi connectivity index (χ4n) is 2.66. The Morgan fingerprint density at radius 3 is 3.10 bits per heavy atom. The molecule has 2 aromatic rings. The first-order valence-corrected chi connectivity index (χ1v) is 7.32. The van der Waals surface area contributed by atoms with Gasteiger partial charge >= 0.3 is 0 Å². The summed E-state index contributed by atoms with van der Waals surface area (Å²) in [6.45, 7) is 4.69. The van der Waals surface area contributed by atoms with Gasteiger partial charge in [0, 0.05) is 31.0 Å². The molecule has 1 aliphatic heterocycles. The summed E-state index contributed by atoms with van der Waals surface area (Å²) in [6.07, 6.45) is 4.84. The summed E-state index contributed by atoms with van der Waals surface area (Å²) in [5.74, 6) is 2.81. The second-order valence-corrected chi connectivity index (χ2v) is 5.33. The number of benzene rings is 1. The Bertz CT molecular complexity index is 583. The number of H-pyrrole nitrogens is 1. The Morgan fingerprint density at radius 1 is 1.48 bits per heavy atom. The van der Waals surface area contributed by atoms with E-state index in [9.17, 15) is 0 Å². The van der Waals surface area contributed by atoms with Gasteiger partial charge in [-0.25, -0.2) is 4.98 Å². The van der Waals surface area contributed by atoms with E-state index in [0.29, 0.717) is 0 Å². The number of aromatic amines is 1. The minimum absolute atomic E-state index is 0.203. The number of methoxy groups -OCH3 is 1. The molecule has 5 nitrogen and oxygen atoms in total. The molecule has 0 saturated carbocycles. The van der Waals surface area contributed by atoms with Gasteiger partial charge in [-0.3, -0.25) is 4.90 Å². The summed E-state index contributed by atoms with van der Waals surface area (Å²) < 4.78 is 11.4. The number of rotatable bonds is 4. The van der Waals surface area contributed by atoms with Crippen LogP contribution in [0.1, 0.15) is 24.7 Å². The fraction of sp³-hybridized carbons (Fsp3) is 0.438. The summed E-state index contributed by atoms with van der Waals surface area (Å²) in [6, 6.07) is 6.02. The molecule has 1 unspecified atom stereocenters. The van der Waals surface area contributed by atoms with Gasteiger partial charge in [-0.1, -0.05) is 6.92 Å². The van der Waals surface area contributed by atoms with Crippen LogP contribution in [0, 0.1) is 0 Å². The van der Waals surface area contributed by atoms with E-state index in [1.54, 1.807) is 13.3 Å². The normalized spacial score (nSPS) is 18.7. The highest BCUT2D eigenvalue weighted by atomic mass is 16.5. The maximum absolute atomic E-state index is 6.13. The van der Waals surface area contributed by atoms with E-state index in [4.69, 9.17) is 9.47 Å². The number of hydrogen-bond acceptors (Lipinski definition) is 4. The Balaban J connectivity index is 1.85. The third-order valence-electron chi connectivity index (χ3n) is 3.80. The van der Waals surface area contributed by atoms with Crippen molar-refractivity contribution < 1.29 is 9.47 Å². The van der Waals surface area contributed by atoms with Crippen LogP contribution in [0.2, 0.25) is 0 Å². The van der Waals surface area contributed by atoms with Crippen molar-refractivity contribution in [2.75, 3.05) is 13.7 Å². The number of hydrogen-bond donors (Lipinski definition) is 1. The molecule has 1 aromatic heterocycles. The molecule has 0 spiro atoms. The first-order chi connectivity index (χ1) is 10.3. The van der Waals surface area contributed by atoms with E-state index < -0.39 is 0 Å². The minimum Gasteiger partial charge on any atom is -0.497 e. The highest BCUT2D eigenvalue weighted by Crippen LogP contribution is 2.29. The Morgan fingerprint density at radius 2 is 2.38 bits per heavy atom. The molecule has 0 aliphatic carbocycles. The van der Waals surface area contributed by atoms with Crippen LogP contribution in [0.4, 0.5) is 0 Å². The van der Waals surface area contributed by atoms with Crippen molar-refractivity contribution in [3.05, 3.63) is 42.0 Å². The van der Waals surface area contributed by atoms with Gasteiger partial charge in [-0.15, -0.1) is 0 Å². The van der Waals surface area contributed by atoms with Gasteiger partial charge in [0.2, 0.25) is 0 Å². The van der Waals surface area contributed by atoms with Gasteiger partial charge in [0.1, 0.15) is 23.4 Å². The first kappa shape index (κ1) is 13.9. The van der Waals surface area contributed by atoms with Crippen LogP contribution in [0.25, 0.3) is 0 Å². The summed E-state index contributed by atoms with van der Waals surface area (Å²) in [5, 5.41) is 0. The molecule has 5 heteroatoms. The number of nitrogens with one attached hydrogen (secondary N) is 1. The second kappa shape index (κ2) is 6.18. The van der Waals surface area contributed by atoms with Crippen LogP contribution in [0.3, 0.4) is 0 Å². The molecule has 1 atom stereocenters. The third-order valence-corrected chi connectivity index (χ3v) is 3.80. The maximum atomic E-state index is 6.13. The molecule has 21 heavy (non-hydrogen) atoms. The van der Waals surface area contributed by atoms with Gasteiger partial charge in [0.15, 0.2) is 0 Å². The molecule has 1 N–H and O–H groups in total. The van der Waals surface area contributed by atoms with Crippen molar-refractivity contribution in [3.8, 4) is 11.5 Å². The number of fused-ring (bicyclic) bond motifs is 1. The standard InChI is InChI=1S/C16H21N3O2/c1-3-13-10-19(11-16-17-6-7-18-16)9-12-8-14(20-2)4-5-15(12)21-13/h4-8,13H,3,9-11H2,1-2H3,(H,17,18). The Kier molecular flexibility index (Phi) is 4.10. The van der Waals surface area contributed by atoms with Gasteiger partial charge in [-0.2, -0.15) is 0 Å². The largest absolute Gasteiger partial charge is 0.497 e. The zero-order valence-corrected chi connectivity index (χ0v) is 12.5. The number of ether oxygens (including phenoxy) is 2. The van der Waals surface area contributed by atoms with Gasteiger partial charge in [-0.05, 0) is 24.6 Å². The lowest BCUT2D eigenvalue weighted by atomic mass is 10.2. The number of nitrogens with zero attached hydrogens (tertiary/aromatic N) is 2. The van der Waals surface area contributed by atoms with E-state index >= 15 is 0 Å². The van der Waals surface area contributed by atoms with E-state index in [2.05, 4.69) is 27.9 Å². The van der Waals surface area contributed by atoms with Crippen LogP contribution >= 0.6 is 0 Å². The molecule has 3 rings (SSSR count). The molecule has 0 amide bonds. The average molecular weight is 287 g/mol. The second-order valence-electron chi connectivity index (χ2n) is 5.33. The Labute approximate surface area is 124 Å². The zero-order valence-electron chi connectivity index (χ0n) is 12.5. The van der Waals surface area contributed by atoms with Crippen molar-refractivity contribution in [2.24, 2.45) is 0 Å². The average Bonchev–Trinajstić information content (AvgIpc) is 2.93. The first-order valence-electron chi connectivity index (χ1n) is 7.32. The predicted molar refractivity (Wildman–Crippen MR) is 80.4 cm³/mol. The molecule has 1 aromatic carbocycles. The lowest BCUT2D eigenvalue weighted by Crippen LogP contribution is -2.32. The molecule has 0 radical (unpaired) electrons. The lowest BCUT2D eigenvalue weighted by molar-refractivity contribution is 0.138. The number of imidazole rings is 1. The monoisotopic (exact) mass is 287 g/mol. The highest BCUT2D eigenvalue weighted by molar-refractivity contribution is 5.41. The Hall–Kier alpha value is -2.01. The van der Waals surface area contributed by atoms with E-state index in [-0.39, 0.29) is 6.10 Å². The molecule has 2 heterocycles. The van der Waals surface area contributed by atoms with Crippen LogP contribution in [-0.2, 0) is 13.1 Å². The zero-order chi connectivity index (χ0) is 14.7. The smallest absolute Gasteiger partial charge is 0.124 e. The lowest BCUT2D eigenvalue weighted by Gasteiger charge is -2.22. The highest BCUT2D eigenvalue weighted by Gasteiger charge is 2.22. The third kappa shape index (κ3) is 3.19. The molecular formula is C16H21N3O2. The van der Waals surface area contributed by atoms with Crippen molar-refractivity contribution in [2.45, 2.75) is 32.5 Å². The molecule has 0 fully saturated rings. The quantitative estimate of drug-likeness (QED) is 0.939. The van der Waals surface area contributed by atoms with Crippen molar-refractivity contribution >= 4 is 0 Å². The minimum atomic E-state index is 0.203. The predicted octanol–water partition coefficient (Wildman–Crippen LogP) is 2.59. The number of aromatic nitrogens is 2. The fourth-order valence-corrected chi connectivity index (χ4v) is 2.66. The summed E-state index contributed by atoms with van der Waals surface area (Å²) in [7, 11) is 1.69. The van der Waals surface area contributed by atoms with Crippen molar-refractivity contribution in [1.82, 2.24) is 14.9 Å². The topological polar surface area (TPSA) is 50.4 Å². The van der Waals surface area contributed by atoms with Crippen LogP contribution < -0.4 is 9.47 Å². The van der Waals surface area contributed by atoms with Crippen LogP contribution in [0.5, 0.6) is 11.5 Å². The van der Waals surface area contributed by atoms with E-state index in [0.717, 1.165) is 48.9 Å². The van der Waals surface area contributed by atoms with Gasteiger partial charge < -0.3 is 14.5 Å². The summed E-state index contributed by atoms with van der Waals surface area (Å²) >= 11 is 0. The van der Waals surface area contributed by atoms with Crippen molar-refractivity contribution in [3.63, 3.8) is 0 Å². The van der Waals surface area contributed by atoms with Gasteiger partial charge in [0.25, 0.3) is 0 Å². The molecule has 1 aliphatic rings. The van der Waals surface area contributed by atoms with E-state index in [1.165, 1.54) is 0 Å². The SMILES string of the molecule is CCC1CN(Cc2ncc[nH]2)Cc2cc(OC)ccc2O1. The molecule has 112 valence electrons.